The molecule has 4 nitrogen and oxygen atoms in total. The van der Waals surface area contributed by atoms with Gasteiger partial charge in [0.25, 0.3) is 0 Å². The van der Waals surface area contributed by atoms with Crippen LogP contribution in [0.3, 0.4) is 0 Å². The Bertz CT molecular complexity index is 504. The van der Waals surface area contributed by atoms with Crippen molar-refractivity contribution in [1.29, 1.82) is 0 Å². The zero-order valence-corrected chi connectivity index (χ0v) is 11.7. The molecular formula is C10H13Cl2NO3S. The Labute approximate surface area is 111 Å². The summed E-state index contributed by atoms with van der Waals surface area (Å²) in [6.07, 6.45) is 0. The van der Waals surface area contributed by atoms with Crippen molar-refractivity contribution in [2.75, 3.05) is 13.7 Å². The van der Waals surface area contributed by atoms with Gasteiger partial charge in [-0.05, 0) is 25.1 Å². The Morgan fingerprint density at radius 3 is 2.41 bits per heavy atom. The molecule has 0 fully saturated rings. The van der Waals surface area contributed by atoms with Crippen molar-refractivity contribution in [3.8, 4) is 0 Å². The maximum absolute atomic E-state index is 12.1. The van der Waals surface area contributed by atoms with Crippen LogP contribution >= 0.6 is 23.2 Å². The molecule has 0 spiro atoms. The smallest absolute Gasteiger partial charge is 0.243 e. The maximum atomic E-state index is 12.1. The third-order valence-corrected chi connectivity index (χ3v) is 5.16. The molecule has 0 heterocycles. The first-order chi connectivity index (χ1) is 7.80. The number of hydrogen-bond acceptors (Lipinski definition) is 3. The van der Waals surface area contributed by atoms with Crippen LogP contribution in [0, 0.1) is 0 Å². The van der Waals surface area contributed by atoms with Crippen LogP contribution in [0.5, 0.6) is 0 Å². The number of aliphatic hydroxyl groups excluding tert-OH is 1. The van der Waals surface area contributed by atoms with Gasteiger partial charge in [0.15, 0.2) is 0 Å². The van der Waals surface area contributed by atoms with Crippen molar-refractivity contribution in [3.63, 3.8) is 0 Å². The molecule has 0 saturated carbocycles. The first kappa shape index (κ1) is 14.7. The molecule has 0 radical (unpaired) electrons. The van der Waals surface area contributed by atoms with Crippen LogP contribution in [0.1, 0.15) is 6.92 Å². The number of sulfonamides is 1. The lowest BCUT2D eigenvalue weighted by Gasteiger charge is -2.22. The predicted molar refractivity (Wildman–Crippen MR) is 68.0 cm³/mol. The number of nitrogens with zero attached hydrogens (tertiary/aromatic N) is 1. The number of rotatable bonds is 4. The first-order valence-corrected chi connectivity index (χ1v) is 7.04. The lowest BCUT2D eigenvalue weighted by molar-refractivity contribution is 0.214. The molecule has 0 saturated heterocycles. The Morgan fingerprint density at radius 1 is 1.35 bits per heavy atom. The molecule has 0 aromatic heterocycles. The molecule has 0 aliphatic rings. The molecule has 0 bridgehead atoms. The molecule has 7 heteroatoms. The van der Waals surface area contributed by atoms with Gasteiger partial charge in [0.05, 0.1) is 21.5 Å². The number of hydrogen-bond donors (Lipinski definition) is 1. The van der Waals surface area contributed by atoms with E-state index in [2.05, 4.69) is 0 Å². The van der Waals surface area contributed by atoms with E-state index in [1.165, 1.54) is 25.2 Å². The standard InChI is InChI=1S/C10H13Cl2NO3S/c1-7(6-14)13(2)17(15,16)8-3-4-9(11)10(12)5-8/h3-5,7,14H,6H2,1-2H3. The van der Waals surface area contributed by atoms with Crippen LogP contribution in [0.25, 0.3) is 0 Å². The van der Waals surface area contributed by atoms with E-state index in [1.54, 1.807) is 6.92 Å². The third-order valence-electron chi connectivity index (χ3n) is 2.45. The second-order valence-electron chi connectivity index (χ2n) is 3.63. The minimum Gasteiger partial charge on any atom is -0.395 e. The van der Waals surface area contributed by atoms with Crippen molar-refractivity contribution in [3.05, 3.63) is 28.2 Å². The van der Waals surface area contributed by atoms with Gasteiger partial charge in [0, 0.05) is 13.1 Å². The largest absolute Gasteiger partial charge is 0.395 e. The highest BCUT2D eigenvalue weighted by Crippen LogP contribution is 2.26. The molecule has 1 unspecified atom stereocenters. The van der Waals surface area contributed by atoms with Crippen molar-refractivity contribution in [1.82, 2.24) is 4.31 Å². The third kappa shape index (κ3) is 3.11. The summed E-state index contributed by atoms with van der Waals surface area (Å²) < 4.78 is 25.3. The molecule has 1 atom stereocenters. The normalized spacial score (nSPS) is 14.0. The van der Waals surface area contributed by atoms with E-state index in [0.29, 0.717) is 5.02 Å². The van der Waals surface area contributed by atoms with Crippen LogP contribution in [-0.2, 0) is 10.0 Å². The van der Waals surface area contributed by atoms with Crippen molar-refractivity contribution in [2.45, 2.75) is 17.9 Å². The van der Waals surface area contributed by atoms with Gasteiger partial charge >= 0.3 is 0 Å². The fraction of sp³-hybridized carbons (Fsp3) is 0.400. The molecule has 96 valence electrons. The van der Waals surface area contributed by atoms with Crippen LogP contribution in [0.15, 0.2) is 23.1 Å². The molecule has 1 aromatic carbocycles. The molecule has 1 rings (SSSR count). The molecule has 1 aromatic rings. The van der Waals surface area contributed by atoms with E-state index >= 15 is 0 Å². The highest BCUT2D eigenvalue weighted by Gasteiger charge is 2.25. The summed E-state index contributed by atoms with van der Waals surface area (Å²) in [5.74, 6) is 0. The number of benzene rings is 1. The predicted octanol–water partition coefficient (Wildman–Crippen LogP) is 1.99. The minimum atomic E-state index is -3.66. The zero-order valence-electron chi connectivity index (χ0n) is 9.39. The van der Waals surface area contributed by atoms with E-state index in [0.717, 1.165) is 4.31 Å². The summed E-state index contributed by atoms with van der Waals surface area (Å²) in [4.78, 5) is 0.0506. The van der Waals surface area contributed by atoms with Gasteiger partial charge in [-0.15, -0.1) is 0 Å². The SMILES string of the molecule is CC(CO)N(C)S(=O)(=O)c1ccc(Cl)c(Cl)c1. The summed E-state index contributed by atoms with van der Waals surface area (Å²) in [6.45, 7) is 1.35. The van der Waals surface area contributed by atoms with Gasteiger partial charge in [0.1, 0.15) is 0 Å². The number of halogens is 2. The molecule has 17 heavy (non-hydrogen) atoms. The Balaban J connectivity index is 3.17. The van der Waals surface area contributed by atoms with Crippen molar-refractivity contribution < 1.29 is 13.5 Å². The second kappa shape index (κ2) is 5.54. The fourth-order valence-corrected chi connectivity index (χ4v) is 2.90. The highest BCUT2D eigenvalue weighted by atomic mass is 35.5. The first-order valence-electron chi connectivity index (χ1n) is 4.84. The van der Waals surface area contributed by atoms with E-state index in [-0.39, 0.29) is 16.5 Å². The van der Waals surface area contributed by atoms with Crippen LogP contribution in [-0.4, -0.2) is 37.5 Å². The van der Waals surface area contributed by atoms with Crippen LogP contribution in [0.2, 0.25) is 10.0 Å². The second-order valence-corrected chi connectivity index (χ2v) is 6.44. The molecule has 1 N–H and O–H groups in total. The monoisotopic (exact) mass is 297 g/mol. The average molecular weight is 298 g/mol. The van der Waals surface area contributed by atoms with Crippen LogP contribution < -0.4 is 0 Å². The van der Waals surface area contributed by atoms with Gasteiger partial charge < -0.3 is 5.11 Å². The summed E-state index contributed by atoms with van der Waals surface area (Å²) in [5.41, 5.74) is 0. The van der Waals surface area contributed by atoms with E-state index in [1.807, 2.05) is 0 Å². The minimum absolute atomic E-state index is 0.0506. The van der Waals surface area contributed by atoms with Gasteiger partial charge in [-0.25, -0.2) is 8.42 Å². The van der Waals surface area contributed by atoms with Crippen molar-refractivity contribution in [2.24, 2.45) is 0 Å². The molecule has 0 aliphatic heterocycles. The highest BCUT2D eigenvalue weighted by molar-refractivity contribution is 7.89. The lowest BCUT2D eigenvalue weighted by atomic mass is 10.4. The Hall–Kier alpha value is -0.330. The Morgan fingerprint density at radius 2 is 1.94 bits per heavy atom. The fourth-order valence-electron chi connectivity index (χ4n) is 1.16. The van der Waals surface area contributed by atoms with E-state index in [9.17, 15) is 8.42 Å². The van der Waals surface area contributed by atoms with Gasteiger partial charge in [-0.3, -0.25) is 0 Å². The van der Waals surface area contributed by atoms with Gasteiger partial charge in [0.2, 0.25) is 10.0 Å². The average Bonchev–Trinajstić information content (AvgIpc) is 2.30. The summed E-state index contributed by atoms with van der Waals surface area (Å²) in [5, 5.41) is 9.43. The van der Waals surface area contributed by atoms with Crippen molar-refractivity contribution >= 4 is 33.2 Å². The summed E-state index contributed by atoms with van der Waals surface area (Å²) in [6, 6.07) is 3.59. The number of aliphatic hydroxyl groups is 1. The maximum Gasteiger partial charge on any atom is 0.243 e. The summed E-state index contributed by atoms with van der Waals surface area (Å²) in [7, 11) is -2.26. The van der Waals surface area contributed by atoms with Crippen LogP contribution in [0.4, 0.5) is 0 Å². The zero-order chi connectivity index (χ0) is 13.2. The Kier molecular flexibility index (Phi) is 4.80. The quantitative estimate of drug-likeness (QED) is 0.925. The van der Waals surface area contributed by atoms with Gasteiger partial charge in [-0.2, -0.15) is 4.31 Å². The number of likely N-dealkylation sites (N-methyl/N-ethyl adjacent to an activating group) is 1. The van der Waals surface area contributed by atoms with Gasteiger partial charge in [-0.1, -0.05) is 23.2 Å². The summed E-state index contributed by atoms with van der Waals surface area (Å²) >= 11 is 11.5. The topological polar surface area (TPSA) is 57.6 Å². The molecule has 0 amide bonds. The molecular weight excluding hydrogens is 285 g/mol. The van der Waals surface area contributed by atoms with E-state index in [4.69, 9.17) is 28.3 Å². The lowest BCUT2D eigenvalue weighted by Crippen LogP contribution is -2.37. The molecule has 0 aliphatic carbocycles. The van der Waals surface area contributed by atoms with E-state index < -0.39 is 16.1 Å².